The molecule has 5 heteroatoms. The molecule has 1 amide bonds. The summed E-state index contributed by atoms with van der Waals surface area (Å²) in [5.41, 5.74) is 1.78. The summed E-state index contributed by atoms with van der Waals surface area (Å²) in [5.74, 6) is 1.73. The van der Waals surface area contributed by atoms with E-state index in [1.54, 1.807) is 6.26 Å². The molecule has 0 saturated carbocycles. The molecule has 1 aromatic carbocycles. The molecular weight excluding hydrogens is 278 g/mol. The van der Waals surface area contributed by atoms with Gasteiger partial charge < -0.3 is 14.3 Å². The molecule has 2 heterocycles. The van der Waals surface area contributed by atoms with Crippen LogP contribution in [0.2, 0.25) is 0 Å². The number of fused-ring (bicyclic) bond motifs is 1. The van der Waals surface area contributed by atoms with Crippen LogP contribution in [0.3, 0.4) is 0 Å². The third kappa shape index (κ3) is 2.88. The molecular formula is C17H19N3O2. The second-order valence-electron chi connectivity index (χ2n) is 5.69. The minimum atomic E-state index is -0.0235. The Bertz CT molecular complexity index is 772. The summed E-state index contributed by atoms with van der Waals surface area (Å²) in [6, 6.07) is 11.4. The molecule has 0 atom stereocenters. The minimum Gasteiger partial charge on any atom is -0.461 e. The van der Waals surface area contributed by atoms with Crippen LogP contribution in [0.15, 0.2) is 47.1 Å². The molecule has 22 heavy (non-hydrogen) atoms. The summed E-state index contributed by atoms with van der Waals surface area (Å²) in [6.07, 6.45) is 1.61. The number of nitrogens with zero attached hydrogens (tertiary/aromatic N) is 2. The Morgan fingerprint density at radius 3 is 2.82 bits per heavy atom. The summed E-state index contributed by atoms with van der Waals surface area (Å²) in [7, 11) is 0. The molecule has 0 aliphatic heterocycles. The average Bonchev–Trinajstić information content (AvgIpc) is 3.13. The van der Waals surface area contributed by atoms with Crippen molar-refractivity contribution in [2.45, 2.75) is 20.4 Å². The van der Waals surface area contributed by atoms with Crippen molar-refractivity contribution in [3.63, 3.8) is 0 Å². The number of para-hydroxylation sites is 2. The van der Waals surface area contributed by atoms with Crippen LogP contribution in [0.1, 0.15) is 13.8 Å². The lowest BCUT2D eigenvalue weighted by molar-refractivity contribution is -0.121. The second kappa shape index (κ2) is 6.05. The van der Waals surface area contributed by atoms with Gasteiger partial charge in [-0.3, -0.25) is 4.79 Å². The number of benzene rings is 1. The Labute approximate surface area is 129 Å². The maximum atomic E-state index is 12.2. The van der Waals surface area contributed by atoms with Crippen LogP contribution in [0.5, 0.6) is 0 Å². The molecule has 0 radical (unpaired) electrons. The van der Waals surface area contributed by atoms with E-state index in [4.69, 9.17) is 4.42 Å². The van der Waals surface area contributed by atoms with Crippen LogP contribution in [0.4, 0.5) is 0 Å². The number of amides is 1. The first-order valence-corrected chi connectivity index (χ1v) is 7.41. The van der Waals surface area contributed by atoms with E-state index in [0.29, 0.717) is 24.0 Å². The molecule has 0 aliphatic rings. The number of nitrogens with one attached hydrogen (secondary N) is 1. The average molecular weight is 297 g/mol. The molecule has 0 aliphatic carbocycles. The summed E-state index contributed by atoms with van der Waals surface area (Å²) >= 11 is 0. The van der Waals surface area contributed by atoms with Crippen LogP contribution < -0.4 is 5.32 Å². The first kappa shape index (κ1) is 14.4. The lowest BCUT2D eigenvalue weighted by Gasteiger charge is -2.10. The summed E-state index contributed by atoms with van der Waals surface area (Å²) < 4.78 is 7.35. The van der Waals surface area contributed by atoms with Crippen molar-refractivity contribution in [1.29, 1.82) is 0 Å². The van der Waals surface area contributed by atoms with Gasteiger partial charge in [0.1, 0.15) is 6.54 Å². The van der Waals surface area contributed by atoms with Crippen LogP contribution in [-0.4, -0.2) is 22.0 Å². The van der Waals surface area contributed by atoms with Gasteiger partial charge in [0.2, 0.25) is 5.91 Å². The zero-order valence-corrected chi connectivity index (χ0v) is 12.7. The second-order valence-corrected chi connectivity index (χ2v) is 5.69. The van der Waals surface area contributed by atoms with Gasteiger partial charge in [0, 0.05) is 6.54 Å². The maximum absolute atomic E-state index is 12.2. The molecule has 0 spiro atoms. The van der Waals surface area contributed by atoms with Gasteiger partial charge in [0.25, 0.3) is 0 Å². The molecule has 5 nitrogen and oxygen atoms in total. The fourth-order valence-electron chi connectivity index (χ4n) is 2.35. The lowest BCUT2D eigenvalue weighted by atomic mass is 10.2. The van der Waals surface area contributed by atoms with Crippen molar-refractivity contribution in [3.8, 4) is 11.6 Å². The Morgan fingerprint density at radius 2 is 2.09 bits per heavy atom. The standard InChI is InChI=1S/C17H19N3O2/c1-12(2)10-18-16(21)11-20-14-7-4-3-6-13(14)19-17(20)15-8-5-9-22-15/h3-9,12H,10-11H2,1-2H3,(H,18,21). The molecule has 0 bridgehead atoms. The topological polar surface area (TPSA) is 60.1 Å². The number of aromatic nitrogens is 2. The first-order valence-electron chi connectivity index (χ1n) is 7.41. The Kier molecular flexibility index (Phi) is 3.96. The number of carbonyl (C=O) groups excluding carboxylic acids is 1. The number of hydrogen-bond donors (Lipinski definition) is 1. The highest BCUT2D eigenvalue weighted by molar-refractivity contribution is 5.83. The van der Waals surface area contributed by atoms with Gasteiger partial charge in [-0.25, -0.2) is 4.98 Å². The number of hydrogen-bond acceptors (Lipinski definition) is 3. The maximum Gasteiger partial charge on any atom is 0.240 e. The third-order valence-electron chi connectivity index (χ3n) is 3.41. The van der Waals surface area contributed by atoms with E-state index in [2.05, 4.69) is 24.1 Å². The summed E-state index contributed by atoms with van der Waals surface area (Å²) in [5, 5.41) is 2.94. The molecule has 3 aromatic rings. The van der Waals surface area contributed by atoms with Gasteiger partial charge in [-0.1, -0.05) is 26.0 Å². The largest absolute Gasteiger partial charge is 0.461 e. The van der Waals surface area contributed by atoms with Crippen LogP contribution in [0.25, 0.3) is 22.6 Å². The summed E-state index contributed by atoms with van der Waals surface area (Å²) in [4.78, 5) is 16.8. The molecule has 114 valence electrons. The number of rotatable bonds is 5. The van der Waals surface area contributed by atoms with E-state index in [-0.39, 0.29) is 12.5 Å². The summed E-state index contributed by atoms with van der Waals surface area (Å²) in [6.45, 7) is 5.03. The van der Waals surface area contributed by atoms with E-state index in [9.17, 15) is 4.79 Å². The molecule has 0 fully saturated rings. The highest BCUT2D eigenvalue weighted by Gasteiger charge is 2.16. The van der Waals surface area contributed by atoms with Gasteiger partial charge >= 0.3 is 0 Å². The van der Waals surface area contributed by atoms with Crippen molar-refractivity contribution in [3.05, 3.63) is 42.7 Å². The SMILES string of the molecule is CC(C)CNC(=O)Cn1c(-c2ccco2)nc2ccccc21. The van der Waals surface area contributed by atoms with Crippen LogP contribution in [0, 0.1) is 5.92 Å². The molecule has 0 unspecified atom stereocenters. The van der Waals surface area contributed by atoms with Crippen LogP contribution in [-0.2, 0) is 11.3 Å². The van der Waals surface area contributed by atoms with Gasteiger partial charge in [-0.15, -0.1) is 0 Å². The predicted octanol–water partition coefficient (Wildman–Crippen LogP) is 3.07. The lowest BCUT2D eigenvalue weighted by Crippen LogP contribution is -2.30. The van der Waals surface area contributed by atoms with E-state index >= 15 is 0 Å². The number of carbonyl (C=O) groups is 1. The van der Waals surface area contributed by atoms with Crippen molar-refractivity contribution < 1.29 is 9.21 Å². The highest BCUT2D eigenvalue weighted by Crippen LogP contribution is 2.24. The Balaban J connectivity index is 1.96. The van der Waals surface area contributed by atoms with Crippen molar-refractivity contribution in [2.24, 2.45) is 5.92 Å². The fourth-order valence-corrected chi connectivity index (χ4v) is 2.35. The predicted molar refractivity (Wildman–Crippen MR) is 85.3 cm³/mol. The van der Waals surface area contributed by atoms with Crippen molar-refractivity contribution >= 4 is 16.9 Å². The normalized spacial score (nSPS) is 11.2. The molecule has 3 rings (SSSR count). The zero-order chi connectivity index (χ0) is 15.5. The van der Waals surface area contributed by atoms with E-state index in [0.717, 1.165) is 11.0 Å². The van der Waals surface area contributed by atoms with Crippen molar-refractivity contribution in [1.82, 2.24) is 14.9 Å². The number of furan rings is 1. The van der Waals surface area contributed by atoms with E-state index in [1.165, 1.54) is 0 Å². The molecule has 1 N–H and O–H groups in total. The Morgan fingerprint density at radius 1 is 1.27 bits per heavy atom. The van der Waals surface area contributed by atoms with E-state index in [1.807, 2.05) is 41.0 Å². The monoisotopic (exact) mass is 297 g/mol. The van der Waals surface area contributed by atoms with Crippen molar-refractivity contribution in [2.75, 3.05) is 6.54 Å². The van der Waals surface area contributed by atoms with Gasteiger partial charge in [0.05, 0.1) is 17.3 Å². The fraction of sp³-hybridized carbons (Fsp3) is 0.294. The van der Waals surface area contributed by atoms with Gasteiger partial charge in [-0.2, -0.15) is 0 Å². The number of imidazole rings is 1. The smallest absolute Gasteiger partial charge is 0.240 e. The highest BCUT2D eigenvalue weighted by atomic mass is 16.3. The van der Waals surface area contributed by atoms with Crippen LogP contribution >= 0.6 is 0 Å². The van der Waals surface area contributed by atoms with E-state index < -0.39 is 0 Å². The van der Waals surface area contributed by atoms with Gasteiger partial charge in [-0.05, 0) is 30.2 Å². The molecule has 2 aromatic heterocycles. The Hall–Kier alpha value is -2.56. The molecule has 0 saturated heterocycles. The van der Waals surface area contributed by atoms with Gasteiger partial charge in [0.15, 0.2) is 11.6 Å². The third-order valence-corrected chi connectivity index (χ3v) is 3.41. The quantitative estimate of drug-likeness (QED) is 0.787. The zero-order valence-electron chi connectivity index (χ0n) is 12.7. The first-order chi connectivity index (χ1) is 10.6. The minimum absolute atomic E-state index is 0.0235.